The number of rotatable bonds is 10. The first-order valence-electron chi connectivity index (χ1n) is 8.59. The minimum atomic E-state index is -3.92. The fourth-order valence-corrected chi connectivity index (χ4v) is 5.77. The quantitative estimate of drug-likeness (QED) is 0.327. The topological polar surface area (TPSA) is 108 Å². The number of nitro benzene ring substituents is 1. The van der Waals surface area contributed by atoms with E-state index in [1.807, 2.05) is 13.8 Å². The summed E-state index contributed by atoms with van der Waals surface area (Å²) >= 11 is 0. The second-order valence-corrected chi connectivity index (χ2v) is 9.04. The molecular formula is C18H22N2O6S2. The molecule has 0 spiro atoms. The maximum atomic E-state index is 12.7. The maximum Gasteiger partial charge on any atom is 0.288 e. The maximum absolute atomic E-state index is 12.7. The second-order valence-electron chi connectivity index (χ2n) is 5.49. The Balaban J connectivity index is 2.47. The van der Waals surface area contributed by atoms with Crippen LogP contribution in [0, 0.1) is 10.1 Å². The summed E-state index contributed by atoms with van der Waals surface area (Å²) in [7, 11) is -5.07. The molecule has 2 aromatic carbocycles. The van der Waals surface area contributed by atoms with Crippen LogP contribution in [0.1, 0.15) is 13.8 Å². The molecule has 0 radical (unpaired) electrons. The van der Waals surface area contributed by atoms with Crippen molar-refractivity contribution >= 4 is 26.4 Å². The summed E-state index contributed by atoms with van der Waals surface area (Å²) in [4.78, 5) is 11.0. The van der Waals surface area contributed by atoms with E-state index in [0.717, 1.165) is 0 Å². The molecule has 0 aliphatic heterocycles. The standard InChI is InChI=1S/C18H22N2O6S2/c1-3-25-18(26-4-2)14-27(16-12-10-15(11-13-16)20(21)22)19-28(23,24)17-8-6-5-7-9-17/h5-13,18H,3-4,14H2,1-2H3. The van der Waals surface area contributed by atoms with Crippen molar-refractivity contribution < 1.29 is 22.8 Å². The van der Waals surface area contributed by atoms with Crippen molar-refractivity contribution in [3.8, 4) is 0 Å². The molecule has 2 rings (SSSR count). The Morgan fingerprint density at radius 1 is 1.04 bits per heavy atom. The van der Waals surface area contributed by atoms with Crippen LogP contribution in [0.4, 0.5) is 5.69 Å². The van der Waals surface area contributed by atoms with Crippen LogP contribution in [-0.2, 0) is 30.2 Å². The van der Waals surface area contributed by atoms with Gasteiger partial charge in [-0.25, -0.2) is 0 Å². The smallest absolute Gasteiger partial charge is 0.288 e. The molecule has 0 saturated heterocycles. The lowest BCUT2D eigenvalue weighted by molar-refractivity contribution is -0.384. The highest BCUT2D eigenvalue weighted by Crippen LogP contribution is 2.21. The third-order valence-electron chi connectivity index (χ3n) is 3.55. The molecule has 152 valence electrons. The Labute approximate surface area is 166 Å². The molecule has 0 aliphatic carbocycles. The van der Waals surface area contributed by atoms with E-state index in [-0.39, 0.29) is 16.3 Å². The van der Waals surface area contributed by atoms with Crippen molar-refractivity contribution in [3.63, 3.8) is 0 Å². The molecule has 2 aromatic rings. The largest absolute Gasteiger partial charge is 0.352 e. The zero-order valence-corrected chi connectivity index (χ0v) is 17.2. The number of nitrogens with zero attached hydrogens (tertiary/aromatic N) is 2. The highest BCUT2D eigenvalue weighted by atomic mass is 32.3. The average Bonchev–Trinajstić information content (AvgIpc) is 2.68. The lowest BCUT2D eigenvalue weighted by atomic mass is 10.3. The Kier molecular flexibility index (Phi) is 8.24. The molecule has 8 nitrogen and oxygen atoms in total. The van der Waals surface area contributed by atoms with Gasteiger partial charge in [0.05, 0.1) is 15.6 Å². The van der Waals surface area contributed by atoms with E-state index in [2.05, 4.69) is 3.77 Å². The van der Waals surface area contributed by atoms with E-state index in [9.17, 15) is 18.5 Å². The van der Waals surface area contributed by atoms with Gasteiger partial charge in [0.25, 0.3) is 15.7 Å². The first-order valence-corrected chi connectivity index (χ1v) is 11.4. The van der Waals surface area contributed by atoms with Crippen molar-refractivity contribution in [3.05, 3.63) is 64.7 Å². The summed E-state index contributed by atoms with van der Waals surface area (Å²) in [6.45, 7) is 4.42. The van der Waals surface area contributed by atoms with Crippen molar-refractivity contribution in [2.24, 2.45) is 3.77 Å². The Morgan fingerprint density at radius 2 is 1.61 bits per heavy atom. The van der Waals surface area contributed by atoms with E-state index >= 15 is 0 Å². The molecule has 10 heteroatoms. The van der Waals surface area contributed by atoms with Crippen LogP contribution in [0.25, 0.3) is 0 Å². The van der Waals surface area contributed by atoms with E-state index in [1.54, 1.807) is 18.2 Å². The third-order valence-corrected chi connectivity index (χ3v) is 7.32. The monoisotopic (exact) mass is 426 g/mol. The lowest BCUT2D eigenvalue weighted by Crippen LogP contribution is -2.25. The van der Waals surface area contributed by atoms with Crippen LogP contribution in [0.3, 0.4) is 0 Å². The van der Waals surface area contributed by atoms with Gasteiger partial charge >= 0.3 is 0 Å². The van der Waals surface area contributed by atoms with Crippen molar-refractivity contribution in [1.29, 1.82) is 0 Å². The van der Waals surface area contributed by atoms with Gasteiger partial charge in [0.1, 0.15) is 0 Å². The predicted octanol–water partition coefficient (Wildman–Crippen LogP) is 3.54. The number of non-ortho nitro benzene ring substituents is 1. The first-order chi connectivity index (χ1) is 13.4. The summed E-state index contributed by atoms with van der Waals surface area (Å²) in [5.41, 5.74) is -0.0793. The zero-order valence-electron chi connectivity index (χ0n) is 15.6. The molecule has 0 bridgehead atoms. The number of hydrogen-bond acceptors (Lipinski definition) is 6. The molecule has 0 aliphatic rings. The van der Waals surface area contributed by atoms with Gasteiger partial charge in [0.2, 0.25) is 0 Å². The molecular weight excluding hydrogens is 404 g/mol. The number of benzene rings is 2. The van der Waals surface area contributed by atoms with Crippen molar-refractivity contribution in [1.82, 2.24) is 0 Å². The summed E-state index contributed by atoms with van der Waals surface area (Å²) in [6, 6.07) is 13.6. The molecule has 0 heterocycles. The highest BCUT2D eigenvalue weighted by Gasteiger charge is 2.19. The number of sulfonamides is 1. The van der Waals surface area contributed by atoms with Crippen LogP contribution < -0.4 is 0 Å². The van der Waals surface area contributed by atoms with E-state index in [4.69, 9.17) is 9.47 Å². The van der Waals surface area contributed by atoms with Gasteiger partial charge in [-0.15, -0.1) is 3.77 Å². The van der Waals surface area contributed by atoms with Crippen LogP contribution in [0.2, 0.25) is 0 Å². The van der Waals surface area contributed by atoms with Gasteiger partial charge in [-0.1, -0.05) is 18.2 Å². The molecule has 0 N–H and O–H groups in total. The zero-order chi connectivity index (χ0) is 20.6. The lowest BCUT2D eigenvalue weighted by Gasteiger charge is -2.18. The third kappa shape index (κ3) is 6.20. The van der Waals surface area contributed by atoms with Crippen molar-refractivity contribution in [2.45, 2.75) is 29.9 Å². The normalized spacial score (nSPS) is 13.0. The average molecular weight is 427 g/mol. The number of hydrogen-bond donors (Lipinski definition) is 0. The van der Waals surface area contributed by atoms with Crippen LogP contribution in [-0.4, -0.2) is 38.6 Å². The molecule has 0 fully saturated rings. The van der Waals surface area contributed by atoms with Gasteiger partial charge in [-0.05, 0) is 48.8 Å². The number of ether oxygens (including phenoxy) is 2. The fraction of sp³-hybridized carbons (Fsp3) is 0.333. The van der Waals surface area contributed by atoms with E-state index < -0.39 is 31.9 Å². The highest BCUT2D eigenvalue weighted by molar-refractivity contribution is 8.00. The van der Waals surface area contributed by atoms with Gasteiger partial charge in [0, 0.05) is 30.2 Å². The Morgan fingerprint density at radius 3 is 2.11 bits per heavy atom. The summed E-state index contributed by atoms with van der Waals surface area (Å²) < 4.78 is 40.7. The van der Waals surface area contributed by atoms with Crippen LogP contribution in [0.5, 0.6) is 0 Å². The molecule has 0 amide bonds. The van der Waals surface area contributed by atoms with Gasteiger partial charge in [-0.2, -0.15) is 8.42 Å². The molecule has 0 aromatic heterocycles. The predicted molar refractivity (Wildman–Crippen MR) is 107 cm³/mol. The Hall–Kier alpha value is -2.14. The first kappa shape index (κ1) is 22.2. The fourth-order valence-electron chi connectivity index (χ4n) is 2.29. The molecule has 0 saturated carbocycles. The molecule has 1 unspecified atom stereocenters. The van der Waals surface area contributed by atoms with E-state index in [1.165, 1.54) is 36.4 Å². The Bertz CT molecular complexity index is 909. The summed E-state index contributed by atoms with van der Waals surface area (Å²) in [5.74, 6) is 0.186. The summed E-state index contributed by atoms with van der Waals surface area (Å²) in [5, 5.41) is 10.9. The van der Waals surface area contributed by atoms with Gasteiger partial charge in [-0.3, -0.25) is 10.1 Å². The number of nitro groups is 1. The van der Waals surface area contributed by atoms with Crippen molar-refractivity contribution in [2.75, 3.05) is 19.0 Å². The SMILES string of the molecule is CCOC(CS(=NS(=O)(=O)c1ccccc1)c1ccc([N+](=O)[O-])cc1)OCC. The molecule has 28 heavy (non-hydrogen) atoms. The minimum Gasteiger partial charge on any atom is -0.352 e. The minimum absolute atomic E-state index is 0.0793. The van der Waals surface area contributed by atoms with Crippen LogP contribution in [0.15, 0.2) is 68.2 Å². The van der Waals surface area contributed by atoms with Gasteiger partial charge in [0.15, 0.2) is 6.29 Å². The van der Waals surface area contributed by atoms with Crippen LogP contribution >= 0.6 is 0 Å². The second kappa shape index (κ2) is 10.4. The van der Waals surface area contributed by atoms with E-state index in [0.29, 0.717) is 18.1 Å². The summed E-state index contributed by atoms with van der Waals surface area (Å²) in [6.07, 6.45) is -0.636. The van der Waals surface area contributed by atoms with Gasteiger partial charge < -0.3 is 9.47 Å². The molecule has 1 atom stereocenters.